The van der Waals surface area contributed by atoms with Gasteiger partial charge in [-0.1, -0.05) is 72.3 Å². The van der Waals surface area contributed by atoms with Crippen molar-refractivity contribution in [1.29, 1.82) is 0 Å². The minimum atomic E-state index is -1.21. The number of carbonyl (C=O) groups is 2. The Bertz CT molecular complexity index is 1260. The lowest BCUT2D eigenvalue weighted by molar-refractivity contribution is 0.0937. The molecule has 2 amide bonds. The number of hydrogen-bond acceptors (Lipinski definition) is 3. The van der Waals surface area contributed by atoms with Gasteiger partial charge in [-0.05, 0) is 23.3 Å². The van der Waals surface area contributed by atoms with Crippen LogP contribution < -0.4 is 10.6 Å². The van der Waals surface area contributed by atoms with E-state index in [4.69, 9.17) is 11.6 Å². The fraction of sp³-hybridized carbons (Fsp3) is 0.0417. The van der Waals surface area contributed by atoms with E-state index in [1.807, 2.05) is 60.7 Å². The maximum atomic E-state index is 13.5. The molecule has 0 unspecified atom stereocenters. The standard InChI is InChI=1S/C24H17ClF2N4O2/c25-17-12-19(27)18(26)11-16(17)23(32)28-21-13-20(30-31-21)24(33)29-22(14-7-3-1-4-8-14)15-9-5-2-6-10-15/h1-13,22H,(H,29,33)(H2,28,30,31,32). The lowest BCUT2D eigenvalue weighted by Crippen LogP contribution is -2.29. The molecular weight excluding hydrogens is 450 g/mol. The van der Waals surface area contributed by atoms with Crippen LogP contribution in [0.1, 0.15) is 38.0 Å². The Labute approximate surface area is 192 Å². The van der Waals surface area contributed by atoms with Gasteiger partial charge in [0.15, 0.2) is 17.5 Å². The highest BCUT2D eigenvalue weighted by Crippen LogP contribution is 2.23. The average molecular weight is 467 g/mol. The van der Waals surface area contributed by atoms with E-state index in [9.17, 15) is 18.4 Å². The molecule has 0 radical (unpaired) electrons. The lowest BCUT2D eigenvalue weighted by Gasteiger charge is -2.19. The van der Waals surface area contributed by atoms with E-state index in [-0.39, 0.29) is 22.1 Å². The molecule has 0 aliphatic rings. The first kappa shape index (κ1) is 22.2. The molecule has 1 aromatic heterocycles. The summed E-state index contributed by atoms with van der Waals surface area (Å²) >= 11 is 5.83. The van der Waals surface area contributed by atoms with Crippen molar-refractivity contribution in [1.82, 2.24) is 15.5 Å². The Balaban J connectivity index is 1.51. The van der Waals surface area contributed by atoms with E-state index >= 15 is 0 Å². The molecule has 4 rings (SSSR count). The van der Waals surface area contributed by atoms with Gasteiger partial charge >= 0.3 is 0 Å². The summed E-state index contributed by atoms with van der Waals surface area (Å²) in [5.41, 5.74) is 1.60. The number of anilines is 1. The first-order valence-electron chi connectivity index (χ1n) is 9.84. The third kappa shape index (κ3) is 5.07. The molecule has 9 heteroatoms. The number of hydrogen-bond donors (Lipinski definition) is 3. The van der Waals surface area contributed by atoms with Gasteiger partial charge in [-0.2, -0.15) is 5.10 Å². The SMILES string of the molecule is O=C(NC(c1ccccc1)c1ccccc1)c1cc(NC(=O)c2cc(F)c(F)cc2Cl)n[nH]1. The summed E-state index contributed by atoms with van der Waals surface area (Å²) in [6.45, 7) is 0. The second kappa shape index (κ2) is 9.62. The Morgan fingerprint density at radius 2 is 1.42 bits per heavy atom. The largest absolute Gasteiger partial charge is 0.340 e. The quantitative estimate of drug-likeness (QED) is 0.345. The number of carbonyl (C=O) groups excluding carboxylic acids is 2. The number of rotatable bonds is 6. The molecule has 0 bridgehead atoms. The average Bonchev–Trinajstić information content (AvgIpc) is 3.29. The third-order valence-corrected chi connectivity index (χ3v) is 5.17. The van der Waals surface area contributed by atoms with Gasteiger partial charge < -0.3 is 10.6 Å². The Morgan fingerprint density at radius 3 is 2.03 bits per heavy atom. The zero-order valence-electron chi connectivity index (χ0n) is 17.0. The van der Waals surface area contributed by atoms with Crippen LogP contribution in [0.15, 0.2) is 78.9 Å². The Hall–Kier alpha value is -4.04. The van der Waals surface area contributed by atoms with Gasteiger partial charge in [0.1, 0.15) is 5.69 Å². The predicted octanol–water partition coefficient (Wildman–Crippen LogP) is 5.11. The summed E-state index contributed by atoms with van der Waals surface area (Å²) in [5, 5.41) is 11.6. The molecule has 33 heavy (non-hydrogen) atoms. The number of aromatic amines is 1. The van der Waals surface area contributed by atoms with E-state index in [2.05, 4.69) is 20.8 Å². The smallest absolute Gasteiger partial charge is 0.270 e. The van der Waals surface area contributed by atoms with Gasteiger partial charge in [0.2, 0.25) is 0 Å². The molecule has 0 fully saturated rings. The fourth-order valence-electron chi connectivity index (χ4n) is 3.24. The van der Waals surface area contributed by atoms with Crippen molar-refractivity contribution in [2.45, 2.75) is 6.04 Å². The molecule has 0 atom stereocenters. The van der Waals surface area contributed by atoms with Crippen LogP contribution >= 0.6 is 11.6 Å². The Morgan fingerprint density at radius 1 is 0.848 bits per heavy atom. The van der Waals surface area contributed by atoms with Crippen molar-refractivity contribution in [2.24, 2.45) is 0 Å². The van der Waals surface area contributed by atoms with E-state index in [1.165, 1.54) is 6.07 Å². The molecule has 4 aromatic rings. The van der Waals surface area contributed by atoms with Crippen LogP contribution in [0, 0.1) is 11.6 Å². The zero-order valence-corrected chi connectivity index (χ0v) is 17.7. The number of benzene rings is 3. The predicted molar refractivity (Wildman–Crippen MR) is 120 cm³/mol. The minimum Gasteiger partial charge on any atom is -0.340 e. The maximum Gasteiger partial charge on any atom is 0.270 e. The number of H-pyrrole nitrogens is 1. The minimum absolute atomic E-state index is 0.0157. The molecule has 3 aromatic carbocycles. The third-order valence-electron chi connectivity index (χ3n) is 4.86. The van der Waals surface area contributed by atoms with Crippen LogP contribution in [0.5, 0.6) is 0 Å². The van der Waals surface area contributed by atoms with Crippen molar-refractivity contribution in [2.75, 3.05) is 5.32 Å². The highest BCUT2D eigenvalue weighted by molar-refractivity contribution is 6.34. The number of aromatic nitrogens is 2. The highest BCUT2D eigenvalue weighted by atomic mass is 35.5. The summed E-state index contributed by atoms with van der Waals surface area (Å²) in [4.78, 5) is 25.3. The van der Waals surface area contributed by atoms with Gasteiger partial charge in [-0.3, -0.25) is 14.7 Å². The van der Waals surface area contributed by atoms with Crippen LogP contribution in [0.3, 0.4) is 0 Å². The Kier molecular flexibility index (Phi) is 6.46. The number of halogens is 3. The second-order valence-electron chi connectivity index (χ2n) is 7.09. The normalized spacial score (nSPS) is 10.8. The molecule has 0 saturated carbocycles. The molecule has 0 aliphatic heterocycles. The van der Waals surface area contributed by atoms with Gasteiger partial charge in [0, 0.05) is 6.07 Å². The molecule has 166 valence electrons. The fourth-order valence-corrected chi connectivity index (χ4v) is 3.48. The van der Waals surface area contributed by atoms with Gasteiger partial charge in [0.05, 0.1) is 16.6 Å². The van der Waals surface area contributed by atoms with E-state index < -0.39 is 29.5 Å². The first-order chi connectivity index (χ1) is 15.9. The molecular formula is C24H17ClF2N4O2. The van der Waals surface area contributed by atoms with Crippen LogP contribution in [-0.2, 0) is 0 Å². The number of amides is 2. The summed E-state index contributed by atoms with van der Waals surface area (Å²) < 4.78 is 26.7. The number of nitrogens with one attached hydrogen (secondary N) is 3. The highest BCUT2D eigenvalue weighted by Gasteiger charge is 2.20. The van der Waals surface area contributed by atoms with Gasteiger partial charge in [-0.15, -0.1) is 0 Å². The first-order valence-corrected chi connectivity index (χ1v) is 10.2. The lowest BCUT2D eigenvalue weighted by atomic mass is 9.98. The second-order valence-corrected chi connectivity index (χ2v) is 7.50. The molecule has 6 nitrogen and oxygen atoms in total. The molecule has 0 spiro atoms. The molecule has 1 heterocycles. The van der Waals surface area contributed by atoms with Gasteiger partial charge in [0.25, 0.3) is 11.8 Å². The van der Waals surface area contributed by atoms with Gasteiger partial charge in [-0.25, -0.2) is 8.78 Å². The summed E-state index contributed by atoms with van der Waals surface area (Å²) in [7, 11) is 0. The summed E-state index contributed by atoms with van der Waals surface area (Å²) in [6.07, 6.45) is 0. The van der Waals surface area contributed by atoms with Crippen molar-refractivity contribution in [3.05, 3.63) is 118 Å². The van der Waals surface area contributed by atoms with Crippen LogP contribution in [0.2, 0.25) is 5.02 Å². The summed E-state index contributed by atoms with van der Waals surface area (Å²) in [6, 6.07) is 21.2. The van der Waals surface area contributed by atoms with Crippen LogP contribution in [-0.4, -0.2) is 22.0 Å². The van der Waals surface area contributed by atoms with Crippen molar-refractivity contribution >= 4 is 29.2 Å². The van der Waals surface area contributed by atoms with Crippen molar-refractivity contribution < 1.29 is 18.4 Å². The van der Waals surface area contributed by atoms with Crippen molar-refractivity contribution in [3.63, 3.8) is 0 Å². The van der Waals surface area contributed by atoms with Crippen molar-refractivity contribution in [3.8, 4) is 0 Å². The summed E-state index contributed by atoms with van der Waals surface area (Å²) in [5.74, 6) is -3.61. The number of nitrogens with zero attached hydrogens (tertiary/aromatic N) is 1. The van der Waals surface area contributed by atoms with Crippen LogP contribution in [0.25, 0.3) is 0 Å². The van der Waals surface area contributed by atoms with E-state index in [0.29, 0.717) is 12.1 Å². The molecule has 0 aliphatic carbocycles. The van der Waals surface area contributed by atoms with E-state index in [0.717, 1.165) is 11.1 Å². The zero-order chi connectivity index (χ0) is 23.4. The van der Waals surface area contributed by atoms with E-state index in [1.54, 1.807) is 0 Å². The maximum absolute atomic E-state index is 13.5. The molecule has 0 saturated heterocycles. The van der Waals surface area contributed by atoms with Crippen LogP contribution in [0.4, 0.5) is 14.6 Å². The topological polar surface area (TPSA) is 86.9 Å². The monoisotopic (exact) mass is 466 g/mol. The molecule has 3 N–H and O–H groups in total.